The molecule has 2 aromatic rings. The molecular weight excluding hydrogens is 422 g/mol. The maximum absolute atomic E-state index is 12.9. The van der Waals surface area contributed by atoms with Crippen LogP contribution >= 0.6 is 11.3 Å². The number of hydrogen-bond acceptors (Lipinski definition) is 5. The van der Waals surface area contributed by atoms with Crippen molar-refractivity contribution in [3.05, 3.63) is 40.3 Å². The number of benzene rings is 1. The van der Waals surface area contributed by atoms with Crippen LogP contribution in [0.2, 0.25) is 0 Å². The second-order valence-corrected chi connectivity index (χ2v) is 10.4. The van der Waals surface area contributed by atoms with Crippen LogP contribution in [0, 0.1) is 19.8 Å². The minimum Gasteiger partial charge on any atom is -0.321 e. The monoisotopic (exact) mass is 449 g/mol. The molecule has 3 rings (SSSR count). The Morgan fingerprint density at radius 1 is 1.10 bits per heavy atom. The Morgan fingerprint density at radius 2 is 1.77 bits per heavy atom. The zero-order valence-electron chi connectivity index (χ0n) is 17.6. The van der Waals surface area contributed by atoms with E-state index in [1.54, 1.807) is 32.0 Å². The average Bonchev–Trinajstić information content (AvgIpc) is 3.45. The van der Waals surface area contributed by atoms with Gasteiger partial charge in [0.2, 0.25) is 15.9 Å². The third-order valence-corrected chi connectivity index (χ3v) is 8.28. The highest BCUT2D eigenvalue weighted by Gasteiger charge is 2.30. The Bertz CT molecular complexity index is 1070. The van der Waals surface area contributed by atoms with E-state index in [9.17, 15) is 18.0 Å². The van der Waals surface area contributed by atoms with Crippen molar-refractivity contribution in [2.75, 3.05) is 23.7 Å². The van der Waals surface area contributed by atoms with Gasteiger partial charge in [-0.25, -0.2) is 8.42 Å². The summed E-state index contributed by atoms with van der Waals surface area (Å²) in [6.45, 7) is 8.00. The highest BCUT2D eigenvalue weighted by molar-refractivity contribution is 7.89. The Balaban J connectivity index is 1.82. The molecule has 0 aliphatic heterocycles. The molecule has 9 heteroatoms. The van der Waals surface area contributed by atoms with Crippen LogP contribution in [0.25, 0.3) is 0 Å². The van der Waals surface area contributed by atoms with Gasteiger partial charge in [0.15, 0.2) is 0 Å². The summed E-state index contributed by atoms with van der Waals surface area (Å²) in [5, 5.41) is 6.29. The van der Waals surface area contributed by atoms with Crippen LogP contribution in [0.15, 0.2) is 29.2 Å². The quantitative estimate of drug-likeness (QED) is 0.637. The molecule has 162 valence electrons. The van der Waals surface area contributed by atoms with Gasteiger partial charge in [0, 0.05) is 24.7 Å². The molecule has 2 N–H and O–H groups in total. The van der Waals surface area contributed by atoms with Crippen molar-refractivity contribution in [1.29, 1.82) is 0 Å². The summed E-state index contributed by atoms with van der Waals surface area (Å²) in [6.07, 6.45) is 1.83. The molecule has 0 atom stereocenters. The van der Waals surface area contributed by atoms with Crippen LogP contribution in [0.3, 0.4) is 0 Å². The van der Waals surface area contributed by atoms with E-state index in [4.69, 9.17) is 0 Å². The number of carbonyl (C=O) groups is 2. The highest BCUT2D eigenvalue weighted by Crippen LogP contribution is 2.32. The van der Waals surface area contributed by atoms with Crippen LogP contribution in [0.5, 0.6) is 0 Å². The van der Waals surface area contributed by atoms with Crippen LogP contribution in [0.1, 0.15) is 47.5 Å². The molecule has 1 aliphatic carbocycles. The van der Waals surface area contributed by atoms with E-state index in [2.05, 4.69) is 10.6 Å². The lowest BCUT2D eigenvalue weighted by Crippen LogP contribution is -2.30. The maximum atomic E-state index is 12.9. The summed E-state index contributed by atoms with van der Waals surface area (Å²) in [4.78, 5) is 25.3. The first-order valence-electron chi connectivity index (χ1n) is 10.0. The third-order valence-electron chi connectivity index (χ3n) is 5.26. The van der Waals surface area contributed by atoms with Crippen molar-refractivity contribution in [1.82, 2.24) is 4.31 Å². The Hall–Kier alpha value is -2.23. The van der Waals surface area contributed by atoms with Crippen molar-refractivity contribution >= 4 is 43.9 Å². The standard InChI is InChI=1S/C21H27N3O4S2/c1-5-24(6-2)30(27,28)16-11-13(3)14(4)17(12-16)22-21(26)18-9-10-19(29-18)23-20(25)15-7-8-15/h9-12,15H,5-8H2,1-4H3,(H,22,26)(H,23,25). The van der Waals surface area contributed by atoms with E-state index < -0.39 is 10.0 Å². The molecule has 0 bridgehead atoms. The number of amides is 2. The van der Waals surface area contributed by atoms with E-state index in [0.29, 0.717) is 28.7 Å². The van der Waals surface area contributed by atoms with Gasteiger partial charge in [0.25, 0.3) is 5.91 Å². The largest absolute Gasteiger partial charge is 0.321 e. The zero-order valence-corrected chi connectivity index (χ0v) is 19.2. The second kappa shape index (κ2) is 8.87. The molecule has 0 spiro atoms. The van der Waals surface area contributed by atoms with Crippen LogP contribution in [-0.4, -0.2) is 37.6 Å². The summed E-state index contributed by atoms with van der Waals surface area (Å²) in [7, 11) is -3.64. The third kappa shape index (κ3) is 4.74. The predicted octanol–water partition coefficient (Wildman–Crippen LogP) is 4.00. The van der Waals surface area contributed by atoms with Gasteiger partial charge in [-0.15, -0.1) is 11.3 Å². The molecule has 1 aromatic carbocycles. The zero-order chi connectivity index (χ0) is 22.1. The number of carbonyl (C=O) groups excluding carboxylic acids is 2. The van der Waals surface area contributed by atoms with Gasteiger partial charge in [-0.05, 0) is 62.1 Å². The van der Waals surface area contributed by atoms with Crippen molar-refractivity contribution in [3.8, 4) is 0 Å². The number of aryl methyl sites for hydroxylation is 1. The summed E-state index contributed by atoms with van der Waals surface area (Å²) in [6, 6.07) is 6.51. The lowest BCUT2D eigenvalue weighted by molar-refractivity contribution is -0.117. The van der Waals surface area contributed by atoms with E-state index in [0.717, 1.165) is 24.0 Å². The SMILES string of the molecule is CCN(CC)S(=O)(=O)c1cc(C)c(C)c(NC(=O)c2ccc(NC(=O)C3CC3)s2)c1. The molecule has 2 amide bonds. The maximum Gasteiger partial charge on any atom is 0.265 e. The molecule has 1 aromatic heterocycles. The number of rotatable bonds is 8. The molecule has 1 saturated carbocycles. The second-order valence-electron chi connectivity index (χ2n) is 7.38. The number of nitrogens with zero attached hydrogens (tertiary/aromatic N) is 1. The van der Waals surface area contributed by atoms with Gasteiger partial charge >= 0.3 is 0 Å². The first-order chi connectivity index (χ1) is 14.2. The molecule has 1 aliphatic rings. The van der Waals surface area contributed by atoms with E-state index >= 15 is 0 Å². The molecule has 1 fully saturated rings. The lowest BCUT2D eigenvalue weighted by Gasteiger charge is -2.20. The molecule has 30 heavy (non-hydrogen) atoms. The van der Waals surface area contributed by atoms with Crippen LogP contribution in [-0.2, 0) is 14.8 Å². The van der Waals surface area contributed by atoms with Crippen molar-refractivity contribution in [3.63, 3.8) is 0 Å². The number of anilines is 2. The van der Waals surface area contributed by atoms with Gasteiger partial charge in [0.05, 0.1) is 14.8 Å². The van der Waals surface area contributed by atoms with Crippen LogP contribution in [0.4, 0.5) is 10.7 Å². The van der Waals surface area contributed by atoms with Crippen LogP contribution < -0.4 is 10.6 Å². The van der Waals surface area contributed by atoms with E-state index in [1.807, 2.05) is 13.8 Å². The number of sulfonamides is 1. The first-order valence-corrected chi connectivity index (χ1v) is 12.3. The lowest BCUT2D eigenvalue weighted by atomic mass is 10.1. The van der Waals surface area contributed by atoms with Crippen molar-refractivity contribution in [2.24, 2.45) is 5.92 Å². The fourth-order valence-corrected chi connectivity index (χ4v) is 5.47. The molecule has 1 heterocycles. The van der Waals surface area contributed by atoms with E-state index in [1.165, 1.54) is 21.7 Å². The summed E-state index contributed by atoms with van der Waals surface area (Å²) in [5.74, 6) is -0.262. The Morgan fingerprint density at radius 3 is 2.37 bits per heavy atom. The normalized spacial score (nSPS) is 14.0. The summed E-state index contributed by atoms with van der Waals surface area (Å²) in [5.41, 5.74) is 2.05. The predicted molar refractivity (Wildman–Crippen MR) is 120 cm³/mol. The molecular formula is C21H27N3O4S2. The van der Waals surface area contributed by atoms with Gasteiger partial charge < -0.3 is 10.6 Å². The molecule has 0 radical (unpaired) electrons. The van der Waals surface area contributed by atoms with Gasteiger partial charge in [-0.2, -0.15) is 4.31 Å². The fraction of sp³-hybridized carbons (Fsp3) is 0.429. The van der Waals surface area contributed by atoms with Crippen molar-refractivity contribution in [2.45, 2.75) is 45.4 Å². The van der Waals surface area contributed by atoms with Gasteiger partial charge in [0.1, 0.15) is 0 Å². The smallest absolute Gasteiger partial charge is 0.265 e. The fourth-order valence-electron chi connectivity index (χ4n) is 3.10. The number of hydrogen-bond donors (Lipinski definition) is 2. The van der Waals surface area contributed by atoms with Gasteiger partial charge in [-0.1, -0.05) is 13.8 Å². The molecule has 0 unspecified atom stereocenters. The van der Waals surface area contributed by atoms with E-state index in [-0.39, 0.29) is 22.6 Å². The summed E-state index contributed by atoms with van der Waals surface area (Å²) >= 11 is 1.20. The molecule has 7 nitrogen and oxygen atoms in total. The minimum atomic E-state index is -3.64. The van der Waals surface area contributed by atoms with Gasteiger partial charge in [-0.3, -0.25) is 9.59 Å². The highest BCUT2D eigenvalue weighted by atomic mass is 32.2. The Labute approximate surface area is 181 Å². The number of thiophene rings is 1. The van der Waals surface area contributed by atoms with Crippen molar-refractivity contribution < 1.29 is 18.0 Å². The number of nitrogens with one attached hydrogen (secondary N) is 2. The average molecular weight is 450 g/mol. The minimum absolute atomic E-state index is 0.00964. The molecule has 0 saturated heterocycles. The topological polar surface area (TPSA) is 95.6 Å². The Kier molecular flexibility index (Phi) is 6.64. The summed E-state index contributed by atoms with van der Waals surface area (Å²) < 4.78 is 27.2. The first kappa shape index (κ1) is 22.5.